The molecule has 2 nitrogen and oxygen atoms in total. The molecule has 1 aliphatic heterocycles. The quantitative estimate of drug-likeness (QED) is 0.752. The minimum atomic E-state index is 0.539. The maximum atomic E-state index is 3.54. The highest BCUT2D eigenvalue weighted by molar-refractivity contribution is 5.12. The van der Waals surface area contributed by atoms with Crippen LogP contribution in [0.1, 0.15) is 46.5 Å². The Hall–Kier alpha value is -0.0800. The molecule has 98 valence electrons. The fraction of sp³-hybridized carbons (Fsp3) is 1.00. The van der Waals surface area contributed by atoms with Gasteiger partial charge in [-0.05, 0) is 55.5 Å². The van der Waals surface area contributed by atoms with E-state index in [0.29, 0.717) is 10.8 Å². The molecule has 0 aromatic rings. The zero-order valence-electron chi connectivity index (χ0n) is 11.8. The van der Waals surface area contributed by atoms with E-state index in [1.165, 1.54) is 51.9 Å². The van der Waals surface area contributed by atoms with E-state index in [2.05, 4.69) is 31.0 Å². The zero-order valence-corrected chi connectivity index (χ0v) is 11.8. The summed E-state index contributed by atoms with van der Waals surface area (Å²) >= 11 is 0. The van der Waals surface area contributed by atoms with Crippen LogP contribution >= 0.6 is 0 Å². The molecule has 2 aliphatic carbocycles. The smallest absolute Gasteiger partial charge is 0.0203 e. The first-order chi connectivity index (χ1) is 8.04. The number of nitrogens with one attached hydrogen (secondary N) is 1. The molecule has 0 aromatic heterocycles. The molecule has 3 aliphatic rings. The summed E-state index contributed by atoms with van der Waals surface area (Å²) in [5, 5.41) is 3.54. The molecule has 1 heterocycles. The lowest BCUT2D eigenvalue weighted by Crippen LogP contribution is -2.53. The van der Waals surface area contributed by atoms with Gasteiger partial charge in [-0.2, -0.15) is 0 Å². The number of hydrogen-bond donors (Lipinski definition) is 1. The van der Waals surface area contributed by atoms with E-state index in [1.54, 1.807) is 0 Å². The van der Waals surface area contributed by atoms with Crippen LogP contribution in [0, 0.1) is 16.7 Å². The number of nitrogens with zero attached hydrogens (tertiary/aromatic N) is 1. The topological polar surface area (TPSA) is 15.3 Å². The van der Waals surface area contributed by atoms with Gasteiger partial charge < -0.3 is 5.32 Å². The first kappa shape index (κ1) is 12.0. The molecule has 1 N–H and O–H groups in total. The Bertz CT molecular complexity index is 287. The molecule has 0 spiro atoms. The molecule has 3 fully saturated rings. The molecule has 17 heavy (non-hydrogen) atoms. The van der Waals surface area contributed by atoms with E-state index >= 15 is 0 Å². The third-order valence-electron chi connectivity index (χ3n) is 5.93. The summed E-state index contributed by atoms with van der Waals surface area (Å²) in [6, 6.07) is 0.827. The minimum absolute atomic E-state index is 0.539. The predicted molar refractivity (Wildman–Crippen MR) is 72.1 cm³/mol. The highest BCUT2D eigenvalue weighted by atomic mass is 15.2. The summed E-state index contributed by atoms with van der Waals surface area (Å²) < 4.78 is 0. The second-order valence-corrected chi connectivity index (χ2v) is 7.46. The van der Waals surface area contributed by atoms with E-state index < -0.39 is 0 Å². The molecule has 2 heteroatoms. The first-order valence-electron chi connectivity index (χ1n) is 7.49. The Kier molecular flexibility index (Phi) is 2.79. The SMILES string of the molecule is CC12CCC(C1)C(C)(C)C2N1CCCNCC1. The Labute approximate surface area is 106 Å². The van der Waals surface area contributed by atoms with Crippen molar-refractivity contribution in [2.75, 3.05) is 26.2 Å². The molecular weight excluding hydrogens is 208 g/mol. The standard InChI is InChI=1S/C15H28N2/c1-14(2)12-5-6-15(3,11-12)13(14)17-9-4-7-16-8-10-17/h12-13,16H,4-11H2,1-3H3. The van der Waals surface area contributed by atoms with Crippen molar-refractivity contribution >= 4 is 0 Å². The Morgan fingerprint density at radius 1 is 1.12 bits per heavy atom. The van der Waals surface area contributed by atoms with Crippen LogP contribution in [0.3, 0.4) is 0 Å². The van der Waals surface area contributed by atoms with Gasteiger partial charge >= 0.3 is 0 Å². The molecular formula is C15H28N2. The largest absolute Gasteiger partial charge is 0.315 e. The molecule has 0 amide bonds. The molecule has 2 saturated carbocycles. The number of rotatable bonds is 1. The van der Waals surface area contributed by atoms with Gasteiger partial charge in [-0.15, -0.1) is 0 Å². The van der Waals surface area contributed by atoms with Gasteiger partial charge in [0.2, 0.25) is 0 Å². The van der Waals surface area contributed by atoms with Crippen LogP contribution in [0.15, 0.2) is 0 Å². The average Bonchev–Trinajstić information content (AvgIpc) is 2.59. The van der Waals surface area contributed by atoms with Crippen LogP contribution in [0.4, 0.5) is 0 Å². The van der Waals surface area contributed by atoms with E-state index in [-0.39, 0.29) is 0 Å². The second-order valence-electron chi connectivity index (χ2n) is 7.46. The highest BCUT2D eigenvalue weighted by Crippen LogP contribution is 2.63. The highest BCUT2D eigenvalue weighted by Gasteiger charge is 2.60. The third-order valence-corrected chi connectivity index (χ3v) is 5.93. The van der Waals surface area contributed by atoms with Gasteiger partial charge in [0.05, 0.1) is 0 Å². The van der Waals surface area contributed by atoms with E-state index in [4.69, 9.17) is 0 Å². The maximum absolute atomic E-state index is 3.54. The Balaban J connectivity index is 1.85. The fourth-order valence-corrected chi connectivity index (χ4v) is 5.31. The van der Waals surface area contributed by atoms with Crippen molar-refractivity contribution in [3.05, 3.63) is 0 Å². The van der Waals surface area contributed by atoms with Crippen molar-refractivity contribution in [2.24, 2.45) is 16.7 Å². The molecule has 0 aromatic carbocycles. The monoisotopic (exact) mass is 236 g/mol. The van der Waals surface area contributed by atoms with Crippen molar-refractivity contribution in [1.82, 2.24) is 10.2 Å². The van der Waals surface area contributed by atoms with Crippen molar-refractivity contribution in [3.8, 4) is 0 Å². The van der Waals surface area contributed by atoms with Crippen molar-refractivity contribution in [2.45, 2.75) is 52.5 Å². The Morgan fingerprint density at radius 2 is 1.94 bits per heavy atom. The van der Waals surface area contributed by atoms with Gasteiger partial charge in [0.25, 0.3) is 0 Å². The van der Waals surface area contributed by atoms with E-state index in [1.807, 2.05) is 0 Å². The molecule has 1 saturated heterocycles. The average molecular weight is 236 g/mol. The predicted octanol–water partition coefficient (Wildman–Crippen LogP) is 2.50. The van der Waals surface area contributed by atoms with Gasteiger partial charge in [-0.1, -0.05) is 20.8 Å². The van der Waals surface area contributed by atoms with E-state index in [9.17, 15) is 0 Å². The van der Waals surface area contributed by atoms with Crippen LogP contribution in [0.25, 0.3) is 0 Å². The second kappa shape index (κ2) is 3.96. The molecule has 3 atom stereocenters. The van der Waals surface area contributed by atoms with Crippen LogP contribution < -0.4 is 5.32 Å². The third kappa shape index (κ3) is 1.76. The molecule has 0 radical (unpaired) electrons. The summed E-state index contributed by atoms with van der Waals surface area (Å²) in [6.45, 7) is 12.6. The van der Waals surface area contributed by atoms with Crippen molar-refractivity contribution in [3.63, 3.8) is 0 Å². The van der Waals surface area contributed by atoms with E-state index in [0.717, 1.165) is 12.0 Å². The fourth-order valence-electron chi connectivity index (χ4n) is 5.31. The lowest BCUT2D eigenvalue weighted by Gasteiger charge is -2.48. The molecule has 3 unspecified atom stereocenters. The van der Waals surface area contributed by atoms with Gasteiger partial charge in [0, 0.05) is 19.1 Å². The number of fused-ring (bicyclic) bond motifs is 2. The van der Waals surface area contributed by atoms with Gasteiger partial charge in [-0.3, -0.25) is 4.90 Å². The van der Waals surface area contributed by atoms with Crippen molar-refractivity contribution in [1.29, 1.82) is 0 Å². The summed E-state index contributed by atoms with van der Waals surface area (Å²) in [5.74, 6) is 0.980. The van der Waals surface area contributed by atoms with Crippen LogP contribution in [0.5, 0.6) is 0 Å². The number of hydrogen-bond acceptors (Lipinski definition) is 2. The van der Waals surface area contributed by atoms with Crippen LogP contribution in [-0.4, -0.2) is 37.1 Å². The summed E-state index contributed by atoms with van der Waals surface area (Å²) in [7, 11) is 0. The lowest BCUT2D eigenvalue weighted by molar-refractivity contribution is 0.00741. The first-order valence-corrected chi connectivity index (χ1v) is 7.49. The normalized spacial score (nSPS) is 46.1. The summed E-state index contributed by atoms with van der Waals surface area (Å²) in [6.07, 6.45) is 5.75. The Morgan fingerprint density at radius 3 is 2.65 bits per heavy atom. The zero-order chi connectivity index (χ0) is 12.1. The lowest BCUT2D eigenvalue weighted by atomic mass is 9.67. The summed E-state index contributed by atoms with van der Waals surface area (Å²) in [4.78, 5) is 2.82. The van der Waals surface area contributed by atoms with Gasteiger partial charge in [0.1, 0.15) is 0 Å². The van der Waals surface area contributed by atoms with Crippen LogP contribution in [-0.2, 0) is 0 Å². The van der Waals surface area contributed by atoms with Crippen LogP contribution in [0.2, 0.25) is 0 Å². The van der Waals surface area contributed by atoms with Crippen molar-refractivity contribution < 1.29 is 0 Å². The minimum Gasteiger partial charge on any atom is -0.315 e. The van der Waals surface area contributed by atoms with Gasteiger partial charge in [-0.25, -0.2) is 0 Å². The van der Waals surface area contributed by atoms with Gasteiger partial charge in [0.15, 0.2) is 0 Å². The molecule has 2 bridgehead atoms. The maximum Gasteiger partial charge on any atom is 0.0203 e. The molecule has 3 rings (SSSR count). The summed E-state index contributed by atoms with van der Waals surface area (Å²) in [5.41, 5.74) is 1.15.